The van der Waals surface area contributed by atoms with Crippen LogP contribution in [0.15, 0.2) is 30.3 Å². The maximum Gasteiger partial charge on any atom is 0.163 e. The zero-order valence-corrected chi connectivity index (χ0v) is 11.0. The summed E-state index contributed by atoms with van der Waals surface area (Å²) in [4.78, 5) is 11.7. The Kier molecular flexibility index (Phi) is 4.50. The molecular formula is C15H20O3. The SMILES string of the molecule is CC(=O)[C@H](O[C@@H]1CCC[C@H](C)O1)c1ccccc1. The largest absolute Gasteiger partial charge is 0.350 e. The highest BCUT2D eigenvalue weighted by atomic mass is 16.7. The number of carbonyl (C=O) groups excluding carboxylic acids is 1. The number of benzene rings is 1. The highest BCUT2D eigenvalue weighted by Crippen LogP contribution is 2.26. The first kappa shape index (κ1) is 13.2. The van der Waals surface area contributed by atoms with Crippen molar-refractivity contribution in [2.24, 2.45) is 0 Å². The molecule has 1 aromatic carbocycles. The van der Waals surface area contributed by atoms with Gasteiger partial charge in [-0.25, -0.2) is 0 Å². The van der Waals surface area contributed by atoms with Crippen LogP contribution in [0, 0.1) is 0 Å². The van der Waals surface area contributed by atoms with Gasteiger partial charge in [-0.15, -0.1) is 0 Å². The fraction of sp³-hybridized carbons (Fsp3) is 0.533. The van der Waals surface area contributed by atoms with Crippen molar-refractivity contribution in [2.75, 3.05) is 0 Å². The first-order valence-corrected chi connectivity index (χ1v) is 6.53. The summed E-state index contributed by atoms with van der Waals surface area (Å²) in [5, 5.41) is 0. The van der Waals surface area contributed by atoms with E-state index in [2.05, 4.69) is 0 Å². The Labute approximate surface area is 108 Å². The summed E-state index contributed by atoms with van der Waals surface area (Å²) in [6.07, 6.45) is 2.46. The smallest absolute Gasteiger partial charge is 0.163 e. The summed E-state index contributed by atoms with van der Waals surface area (Å²) >= 11 is 0. The van der Waals surface area contributed by atoms with E-state index in [9.17, 15) is 4.79 Å². The Balaban J connectivity index is 2.05. The van der Waals surface area contributed by atoms with Crippen molar-refractivity contribution < 1.29 is 14.3 Å². The molecule has 1 aromatic rings. The van der Waals surface area contributed by atoms with Crippen molar-refractivity contribution >= 4 is 5.78 Å². The van der Waals surface area contributed by atoms with E-state index in [4.69, 9.17) is 9.47 Å². The van der Waals surface area contributed by atoms with Gasteiger partial charge in [-0.3, -0.25) is 4.79 Å². The Hall–Kier alpha value is -1.19. The molecule has 2 rings (SSSR count). The molecule has 3 nitrogen and oxygen atoms in total. The highest BCUT2D eigenvalue weighted by Gasteiger charge is 2.26. The van der Waals surface area contributed by atoms with Crippen LogP contribution in [0.1, 0.15) is 44.8 Å². The van der Waals surface area contributed by atoms with Gasteiger partial charge >= 0.3 is 0 Å². The molecule has 0 radical (unpaired) electrons. The summed E-state index contributed by atoms with van der Waals surface area (Å²) in [5.74, 6) is 0.0167. The summed E-state index contributed by atoms with van der Waals surface area (Å²) < 4.78 is 11.6. The molecule has 0 aromatic heterocycles. The van der Waals surface area contributed by atoms with Crippen molar-refractivity contribution in [1.82, 2.24) is 0 Å². The van der Waals surface area contributed by atoms with Gasteiger partial charge in [-0.1, -0.05) is 30.3 Å². The number of rotatable bonds is 4. The van der Waals surface area contributed by atoms with Gasteiger partial charge in [0.05, 0.1) is 6.10 Å². The van der Waals surface area contributed by atoms with Crippen LogP contribution in [0.25, 0.3) is 0 Å². The second-order valence-corrected chi connectivity index (χ2v) is 4.84. The molecular weight excluding hydrogens is 228 g/mol. The van der Waals surface area contributed by atoms with E-state index in [0.717, 1.165) is 24.8 Å². The second-order valence-electron chi connectivity index (χ2n) is 4.84. The number of ketones is 1. The summed E-state index contributed by atoms with van der Waals surface area (Å²) in [6.45, 7) is 3.60. The van der Waals surface area contributed by atoms with Gasteiger partial charge in [-0.2, -0.15) is 0 Å². The lowest BCUT2D eigenvalue weighted by atomic mass is 10.1. The van der Waals surface area contributed by atoms with E-state index in [1.54, 1.807) is 6.92 Å². The lowest BCUT2D eigenvalue weighted by Gasteiger charge is -2.30. The zero-order valence-electron chi connectivity index (χ0n) is 11.0. The third kappa shape index (κ3) is 3.40. The molecule has 1 aliphatic heterocycles. The first-order chi connectivity index (χ1) is 8.66. The maximum absolute atomic E-state index is 11.7. The molecule has 1 heterocycles. The van der Waals surface area contributed by atoms with Crippen molar-refractivity contribution in [3.05, 3.63) is 35.9 Å². The minimum Gasteiger partial charge on any atom is -0.350 e. The van der Waals surface area contributed by atoms with E-state index in [1.807, 2.05) is 37.3 Å². The summed E-state index contributed by atoms with van der Waals surface area (Å²) in [7, 11) is 0. The number of Topliss-reactive ketones (excluding diaryl/α,β-unsaturated/α-hetero) is 1. The van der Waals surface area contributed by atoms with Crippen molar-refractivity contribution in [3.8, 4) is 0 Å². The van der Waals surface area contributed by atoms with E-state index in [-0.39, 0.29) is 18.2 Å². The Morgan fingerprint density at radius 2 is 2.06 bits per heavy atom. The van der Waals surface area contributed by atoms with Crippen LogP contribution in [-0.2, 0) is 14.3 Å². The molecule has 0 saturated carbocycles. The van der Waals surface area contributed by atoms with Crippen LogP contribution in [0.4, 0.5) is 0 Å². The maximum atomic E-state index is 11.7. The molecule has 3 heteroatoms. The van der Waals surface area contributed by atoms with Crippen LogP contribution >= 0.6 is 0 Å². The van der Waals surface area contributed by atoms with E-state index in [1.165, 1.54) is 0 Å². The Morgan fingerprint density at radius 3 is 2.67 bits per heavy atom. The summed E-state index contributed by atoms with van der Waals surface area (Å²) in [6, 6.07) is 9.59. The minimum atomic E-state index is -0.513. The van der Waals surface area contributed by atoms with Crippen molar-refractivity contribution in [3.63, 3.8) is 0 Å². The van der Waals surface area contributed by atoms with Gasteiger partial charge in [0, 0.05) is 0 Å². The summed E-state index contributed by atoms with van der Waals surface area (Å²) in [5.41, 5.74) is 0.895. The standard InChI is InChI=1S/C15H20O3/c1-11-7-6-10-14(17-11)18-15(12(2)16)13-8-4-3-5-9-13/h3-5,8-9,11,14-15H,6-7,10H2,1-2H3/t11-,14+,15-/m0/s1. The molecule has 98 valence electrons. The molecule has 0 N–H and O–H groups in total. The monoisotopic (exact) mass is 248 g/mol. The molecule has 1 aliphatic rings. The van der Waals surface area contributed by atoms with E-state index < -0.39 is 6.10 Å². The number of carbonyl (C=O) groups is 1. The third-order valence-electron chi connectivity index (χ3n) is 3.19. The molecule has 3 atom stereocenters. The fourth-order valence-electron chi connectivity index (χ4n) is 2.26. The first-order valence-electron chi connectivity index (χ1n) is 6.53. The van der Waals surface area contributed by atoms with Gasteiger partial charge in [0.15, 0.2) is 12.1 Å². The molecule has 0 amide bonds. The molecule has 0 unspecified atom stereocenters. The number of hydrogen-bond acceptors (Lipinski definition) is 3. The predicted octanol–water partition coefficient (Wildman–Crippen LogP) is 3.25. The van der Waals surface area contributed by atoms with Gasteiger partial charge < -0.3 is 9.47 Å². The van der Waals surface area contributed by atoms with Gasteiger partial charge in [-0.05, 0) is 38.7 Å². The highest BCUT2D eigenvalue weighted by molar-refractivity contribution is 5.81. The Bertz CT molecular complexity index is 388. The van der Waals surface area contributed by atoms with E-state index in [0.29, 0.717) is 0 Å². The predicted molar refractivity (Wildman–Crippen MR) is 69.1 cm³/mol. The van der Waals surface area contributed by atoms with Crippen LogP contribution in [0.2, 0.25) is 0 Å². The van der Waals surface area contributed by atoms with Gasteiger partial charge in [0.1, 0.15) is 6.10 Å². The fourth-order valence-corrected chi connectivity index (χ4v) is 2.26. The van der Waals surface area contributed by atoms with Gasteiger partial charge in [0.25, 0.3) is 0 Å². The third-order valence-corrected chi connectivity index (χ3v) is 3.19. The molecule has 0 spiro atoms. The lowest BCUT2D eigenvalue weighted by molar-refractivity contribution is -0.211. The molecule has 0 bridgehead atoms. The van der Waals surface area contributed by atoms with Crippen LogP contribution < -0.4 is 0 Å². The zero-order chi connectivity index (χ0) is 13.0. The molecule has 0 aliphatic carbocycles. The molecule has 18 heavy (non-hydrogen) atoms. The van der Waals surface area contributed by atoms with Crippen LogP contribution in [-0.4, -0.2) is 18.2 Å². The van der Waals surface area contributed by atoms with Crippen LogP contribution in [0.3, 0.4) is 0 Å². The Morgan fingerprint density at radius 1 is 1.33 bits per heavy atom. The number of hydrogen-bond donors (Lipinski definition) is 0. The van der Waals surface area contributed by atoms with Crippen LogP contribution in [0.5, 0.6) is 0 Å². The van der Waals surface area contributed by atoms with Crippen molar-refractivity contribution in [1.29, 1.82) is 0 Å². The average Bonchev–Trinajstić information content (AvgIpc) is 2.37. The van der Waals surface area contributed by atoms with E-state index >= 15 is 0 Å². The average molecular weight is 248 g/mol. The minimum absolute atomic E-state index is 0.0167. The quantitative estimate of drug-likeness (QED) is 0.820. The normalized spacial score (nSPS) is 25.7. The molecule has 1 saturated heterocycles. The molecule has 1 fully saturated rings. The van der Waals surface area contributed by atoms with Gasteiger partial charge in [0.2, 0.25) is 0 Å². The van der Waals surface area contributed by atoms with Crippen molar-refractivity contribution in [2.45, 2.75) is 51.6 Å². The lowest BCUT2D eigenvalue weighted by Crippen LogP contribution is -2.30. The second kappa shape index (κ2) is 6.12. The topological polar surface area (TPSA) is 35.5 Å². The number of ether oxygens (including phenoxy) is 2.